The number of hydrogen-bond acceptors (Lipinski definition) is 3. The molecule has 24 heavy (non-hydrogen) atoms. The van der Waals surface area contributed by atoms with Gasteiger partial charge in [0.1, 0.15) is 5.75 Å². The molecule has 0 bridgehead atoms. The van der Waals surface area contributed by atoms with Crippen LogP contribution in [0.15, 0.2) is 54.6 Å². The Hall–Kier alpha value is -2.59. The van der Waals surface area contributed by atoms with Crippen LogP contribution in [-0.4, -0.2) is 35.5 Å². The molecule has 1 amide bonds. The quantitative estimate of drug-likeness (QED) is 0.907. The van der Waals surface area contributed by atoms with Crippen LogP contribution in [0.5, 0.6) is 5.75 Å². The maximum Gasteiger partial charge on any atom is 0.238 e. The number of aromatic hydroxyl groups is 1. The summed E-state index contributed by atoms with van der Waals surface area (Å²) >= 11 is 0. The van der Waals surface area contributed by atoms with Gasteiger partial charge in [-0.1, -0.05) is 35.9 Å². The number of aryl methyl sites for hydroxylation is 1. The molecule has 1 aliphatic heterocycles. The van der Waals surface area contributed by atoms with E-state index in [1.807, 2.05) is 43.3 Å². The first-order valence-electron chi connectivity index (χ1n) is 8.17. The van der Waals surface area contributed by atoms with E-state index in [9.17, 15) is 9.90 Å². The van der Waals surface area contributed by atoms with Crippen LogP contribution in [0, 0.1) is 6.92 Å². The first kappa shape index (κ1) is 16.3. The molecule has 4 nitrogen and oxygen atoms in total. The highest BCUT2D eigenvalue weighted by atomic mass is 16.3. The van der Waals surface area contributed by atoms with Gasteiger partial charge in [-0.25, -0.2) is 0 Å². The van der Waals surface area contributed by atoms with E-state index >= 15 is 0 Å². The molecule has 4 heteroatoms. The number of nitrogens with one attached hydrogen (secondary N) is 1. The summed E-state index contributed by atoms with van der Waals surface area (Å²) in [4.78, 5) is 14.3. The summed E-state index contributed by atoms with van der Waals surface area (Å²) in [5.41, 5.74) is 4.42. The molecule has 0 fully saturated rings. The second-order valence-corrected chi connectivity index (χ2v) is 6.18. The molecule has 124 valence electrons. The fraction of sp³-hybridized carbons (Fsp3) is 0.250. The van der Waals surface area contributed by atoms with E-state index in [0.717, 1.165) is 30.8 Å². The van der Waals surface area contributed by atoms with Crippen LogP contribution >= 0.6 is 0 Å². The fourth-order valence-electron chi connectivity index (χ4n) is 2.83. The van der Waals surface area contributed by atoms with Gasteiger partial charge in [-0.05, 0) is 48.7 Å². The molecule has 0 unspecified atom stereocenters. The zero-order valence-corrected chi connectivity index (χ0v) is 13.8. The second kappa shape index (κ2) is 7.32. The SMILES string of the molecule is Cc1ccc(NC(=O)CN2CC=C(c3ccc(O)cc3)CC2)cc1. The summed E-state index contributed by atoms with van der Waals surface area (Å²) in [6.45, 7) is 4.04. The van der Waals surface area contributed by atoms with Crippen molar-refractivity contribution in [3.8, 4) is 5.75 Å². The lowest BCUT2D eigenvalue weighted by Gasteiger charge is -2.26. The molecule has 0 saturated carbocycles. The largest absolute Gasteiger partial charge is 0.508 e. The molecule has 2 N–H and O–H groups in total. The van der Waals surface area contributed by atoms with Crippen molar-refractivity contribution in [2.45, 2.75) is 13.3 Å². The van der Waals surface area contributed by atoms with Crippen molar-refractivity contribution in [3.63, 3.8) is 0 Å². The van der Waals surface area contributed by atoms with Gasteiger partial charge in [0.2, 0.25) is 5.91 Å². The van der Waals surface area contributed by atoms with Crippen molar-refractivity contribution in [3.05, 3.63) is 65.7 Å². The predicted molar refractivity (Wildman–Crippen MR) is 96.9 cm³/mol. The van der Waals surface area contributed by atoms with Crippen LogP contribution in [0.2, 0.25) is 0 Å². The number of nitrogens with zero attached hydrogens (tertiary/aromatic N) is 1. The number of rotatable bonds is 4. The number of hydrogen-bond donors (Lipinski definition) is 2. The van der Waals surface area contributed by atoms with Crippen LogP contribution in [0.3, 0.4) is 0 Å². The minimum absolute atomic E-state index is 0.0142. The molecule has 0 aliphatic carbocycles. The molecule has 0 saturated heterocycles. The van der Waals surface area contributed by atoms with Crippen molar-refractivity contribution in [1.82, 2.24) is 4.90 Å². The number of benzene rings is 2. The average Bonchev–Trinajstić information content (AvgIpc) is 2.58. The van der Waals surface area contributed by atoms with Crippen LogP contribution in [0.1, 0.15) is 17.5 Å². The lowest BCUT2D eigenvalue weighted by Crippen LogP contribution is -2.36. The van der Waals surface area contributed by atoms with E-state index in [0.29, 0.717) is 6.54 Å². The number of phenols is 1. The highest BCUT2D eigenvalue weighted by molar-refractivity contribution is 5.92. The Kier molecular flexibility index (Phi) is 4.96. The first-order valence-corrected chi connectivity index (χ1v) is 8.17. The van der Waals surface area contributed by atoms with Crippen molar-refractivity contribution >= 4 is 17.2 Å². The van der Waals surface area contributed by atoms with Gasteiger partial charge in [-0.2, -0.15) is 0 Å². The van der Waals surface area contributed by atoms with Gasteiger partial charge in [-0.3, -0.25) is 9.69 Å². The van der Waals surface area contributed by atoms with Gasteiger partial charge in [0.15, 0.2) is 0 Å². The Morgan fingerprint density at radius 3 is 2.46 bits per heavy atom. The van der Waals surface area contributed by atoms with Gasteiger partial charge in [0.05, 0.1) is 6.54 Å². The average molecular weight is 322 g/mol. The highest BCUT2D eigenvalue weighted by Crippen LogP contribution is 2.23. The second-order valence-electron chi connectivity index (χ2n) is 6.18. The number of carbonyl (C=O) groups is 1. The monoisotopic (exact) mass is 322 g/mol. The fourth-order valence-corrected chi connectivity index (χ4v) is 2.83. The normalized spacial score (nSPS) is 15.0. The molecule has 3 rings (SSSR count). The Morgan fingerprint density at radius 2 is 1.83 bits per heavy atom. The van der Waals surface area contributed by atoms with E-state index in [4.69, 9.17) is 0 Å². The number of phenolic OH excluding ortho intramolecular Hbond substituents is 1. The maximum absolute atomic E-state index is 12.2. The minimum Gasteiger partial charge on any atom is -0.508 e. The molecule has 2 aromatic carbocycles. The molecule has 1 heterocycles. The standard InChI is InChI=1S/C20H22N2O2/c1-15-2-6-18(7-3-15)21-20(24)14-22-12-10-17(11-13-22)16-4-8-19(23)9-5-16/h2-10,23H,11-14H2,1H3,(H,21,24). The maximum atomic E-state index is 12.2. The zero-order valence-electron chi connectivity index (χ0n) is 13.8. The van der Waals surface area contributed by atoms with Gasteiger partial charge >= 0.3 is 0 Å². The van der Waals surface area contributed by atoms with Crippen molar-refractivity contribution < 1.29 is 9.90 Å². The third-order valence-electron chi connectivity index (χ3n) is 4.23. The zero-order chi connectivity index (χ0) is 16.9. The topological polar surface area (TPSA) is 52.6 Å². The Balaban J connectivity index is 1.53. The Morgan fingerprint density at radius 1 is 1.12 bits per heavy atom. The third-order valence-corrected chi connectivity index (χ3v) is 4.23. The van der Waals surface area contributed by atoms with Gasteiger partial charge in [0, 0.05) is 18.8 Å². The first-order chi connectivity index (χ1) is 11.6. The summed E-state index contributed by atoms with van der Waals surface area (Å²) in [5, 5.41) is 12.3. The van der Waals surface area contributed by atoms with Crippen LogP contribution in [-0.2, 0) is 4.79 Å². The number of carbonyl (C=O) groups excluding carboxylic acids is 1. The van der Waals surface area contributed by atoms with Gasteiger partial charge in [-0.15, -0.1) is 0 Å². The smallest absolute Gasteiger partial charge is 0.238 e. The molecule has 0 atom stereocenters. The van der Waals surface area contributed by atoms with E-state index < -0.39 is 0 Å². The number of anilines is 1. The third kappa shape index (κ3) is 4.24. The summed E-state index contributed by atoms with van der Waals surface area (Å²) in [7, 11) is 0. The van der Waals surface area contributed by atoms with Crippen LogP contribution in [0.25, 0.3) is 5.57 Å². The Labute approximate surface area is 142 Å². The van der Waals surface area contributed by atoms with Crippen LogP contribution in [0.4, 0.5) is 5.69 Å². The van der Waals surface area contributed by atoms with Crippen molar-refractivity contribution in [2.24, 2.45) is 0 Å². The molecule has 0 spiro atoms. The summed E-state index contributed by atoms with van der Waals surface area (Å²) in [6.07, 6.45) is 3.07. The van der Waals surface area contributed by atoms with E-state index in [1.54, 1.807) is 12.1 Å². The van der Waals surface area contributed by atoms with E-state index in [1.165, 1.54) is 11.1 Å². The molecule has 0 radical (unpaired) electrons. The van der Waals surface area contributed by atoms with Gasteiger partial charge < -0.3 is 10.4 Å². The van der Waals surface area contributed by atoms with E-state index in [-0.39, 0.29) is 11.7 Å². The lowest BCUT2D eigenvalue weighted by atomic mass is 9.99. The molecule has 1 aliphatic rings. The molecule has 0 aromatic heterocycles. The molecule has 2 aromatic rings. The highest BCUT2D eigenvalue weighted by Gasteiger charge is 2.15. The van der Waals surface area contributed by atoms with Crippen molar-refractivity contribution in [2.75, 3.05) is 25.0 Å². The molecular formula is C20H22N2O2. The van der Waals surface area contributed by atoms with E-state index in [2.05, 4.69) is 16.3 Å². The number of amides is 1. The summed E-state index contributed by atoms with van der Waals surface area (Å²) < 4.78 is 0. The summed E-state index contributed by atoms with van der Waals surface area (Å²) in [5.74, 6) is 0.296. The van der Waals surface area contributed by atoms with Gasteiger partial charge in [0.25, 0.3) is 0 Å². The lowest BCUT2D eigenvalue weighted by molar-refractivity contribution is -0.117. The predicted octanol–water partition coefficient (Wildman–Crippen LogP) is 3.43. The van der Waals surface area contributed by atoms with Crippen molar-refractivity contribution in [1.29, 1.82) is 0 Å². The summed E-state index contributed by atoms with van der Waals surface area (Å²) in [6, 6.07) is 15.1. The van der Waals surface area contributed by atoms with Crippen LogP contribution < -0.4 is 5.32 Å². The minimum atomic E-state index is 0.0142. The molecular weight excluding hydrogens is 300 g/mol. The Bertz CT molecular complexity index is 733.